The number of benzene rings is 2. The molecule has 0 aromatic heterocycles. The van der Waals surface area contributed by atoms with Gasteiger partial charge in [0.2, 0.25) is 10.0 Å². The lowest BCUT2D eigenvalue weighted by Gasteiger charge is -2.22. The molecule has 0 bridgehead atoms. The van der Waals surface area contributed by atoms with E-state index in [1.807, 2.05) is 24.3 Å². The van der Waals surface area contributed by atoms with E-state index in [9.17, 15) is 18.0 Å². The van der Waals surface area contributed by atoms with Crippen LogP contribution in [0, 0.1) is 0 Å². The average molecular weight is 449 g/mol. The monoisotopic (exact) mass is 448 g/mol. The molecule has 1 N–H and O–H groups in total. The molecule has 0 saturated carbocycles. The van der Waals surface area contributed by atoms with Gasteiger partial charge in [0, 0.05) is 16.7 Å². The number of carbonyl (C=O) groups is 2. The number of carbonyl (C=O) groups excluding carboxylic acids is 2. The number of hydrogen-bond acceptors (Lipinski definition) is 6. The van der Waals surface area contributed by atoms with Crippen molar-refractivity contribution in [1.29, 1.82) is 0 Å². The zero-order valence-electron chi connectivity index (χ0n) is 16.8. The number of rotatable bonds is 6. The molecule has 1 unspecified atom stereocenters. The van der Waals surface area contributed by atoms with Crippen LogP contribution in [0.25, 0.3) is 0 Å². The quantitative estimate of drug-likeness (QED) is 0.683. The summed E-state index contributed by atoms with van der Waals surface area (Å²) >= 11 is 1.71. The maximum absolute atomic E-state index is 12.8. The van der Waals surface area contributed by atoms with Crippen molar-refractivity contribution in [2.45, 2.75) is 41.4 Å². The predicted molar refractivity (Wildman–Crippen MR) is 116 cm³/mol. The van der Waals surface area contributed by atoms with E-state index in [1.54, 1.807) is 34.9 Å². The Morgan fingerprint density at radius 2 is 1.83 bits per heavy atom. The molecular formula is C21H24N2O5S2. The van der Waals surface area contributed by atoms with E-state index in [0.717, 1.165) is 17.0 Å². The number of esters is 1. The summed E-state index contributed by atoms with van der Waals surface area (Å²) in [6, 6.07) is 14.2. The minimum atomic E-state index is -3.86. The Balaban J connectivity index is 1.61. The molecule has 1 aliphatic heterocycles. The summed E-state index contributed by atoms with van der Waals surface area (Å²) in [4.78, 5) is 27.7. The van der Waals surface area contributed by atoms with Gasteiger partial charge in [-0.25, -0.2) is 8.42 Å². The van der Waals surface area contributed by atoms with E-state index >= 15 is 0 Å². The fraction of sp³-hybridized carbons (Fsp3) is 0.333. The predicted octanol–water partition coefficient (Wildman–Crippen LogP) is 2.81. The van der Waals surface area contributed by atoms with Gasteiger partial charge >= 0.3 is 5.97 Å². The molecule has 2 atom stereocenters. The summed E-state index contributed by atoms with van der Waals surface area (Å²) in [6.45, 7) is 3.56. The van der Waals surface area contributed by atoms with Crippen molar-refractivity contribution < 1.29 is 22.7 Å². The molecule has 0 radical (unpaired) electrons. The summed E-state index contributed by atoms with van der Waals surface area (Å²) in [6.07, 6.45) is 0.812. The first-order valence-electron chi connectivity index (χ1n) is 9.58. The minimum absolute atomic E-state index is 0.0496. The van der Waals surface area contributed by atoms with Crippen LogP contribution in [0.5, 0.6) is 0 Å². The van der Waals surface area contributed by atoms with E-state index in [4.69, 9.17) is 4.74 Å². The van der Waals surface area contributed by atoms with E-state index in [1.165, 1.54) is 19.1 Å². The number of amides is 1. The Bertz CT molecular complexity index is 1010. The molecule has 0 fully saturated rings. The van der Waals surface area contributed by atoms with Crippen LogP contribution in [0.3, 0.4) is 0 Å². The first-order chi connectivity index (χ1) is 14.3. The highest BCUT2D eigenvalue weighted by atomic mass is 32.2. The van der Waals surface area contributed by atoms with Crippen LogP contribution >= 0.6 is 11.8 Å². The molecule has 0 aliphatic carbocycles. The summed E-state index contributed by atoms with van der Waals surface area (Å²) in [5.74, 6) is -1.16. The lowest BCUT2D eigenvalue weighted by Crippen LogP contribution is -2.41. The number of ether oxygens (including phenoxy) is 1. The third kappa shape index (κ3) is 5.41. The van der Waals surface area contributed by atoms with Crippen molar-refractivity contribution in [3.05, 3.63) is 54.6 Å². The maximum Gasteiger partial charge on any atom is 0.324 e. The maximum atomic E-state index is 12.8. The van der Waals surface area contributed by atoms with Gasteiger partial charge < -0.3 is 9.64 Å². The van der Waals surface area contributed by atoms with Crippen molar-refractivity contribution in [2.24, 2.45) is 0 Å². The smallest absolute Gasteiger partial charge is 0.324 e. The van der Waals surface area contributed by atoms with Gasteiger partial charge in [-0.1, -0.05) is 37.3 Å². The number of nitrogens with zero attached hydrogens (tertiary/aromatic N) is 1. The Kier molecular flexibility index (Phi) is 7.17. The van der Waals surface area contributed by atoms with Crippen molar-refractivity contribution >= 4 is 39.3 Å². The molecular weight excluding hydrogens is 424 g/mol. The molecule has 0 spiro atoms. The molecule has 1 aliphatic rings. The van der Waals surface area contributed by atoms with E-state index < -0.39 is 28.6 Å². The molecule has 7 nitrogen and oxygen atoms in total. The second-order valence-electron chi connectivity index (χ2n) is 6.99. The van der Waals surface area contributed by atoms with Crippen LogP contribution in [0.2, 0.25) is 0 Å². The van der Waals surface area contributed by atoms with Crippen LogP contribution in [0.15, 0.2) is 64.4 Å². The number of nitrogens with one attached hydrogen (secondary N) is 1. The molecule has 30 heavy (non-hydrogen) atoms. The van der Waals surface area contributed by atoms with Gasteiger partial charge in [-0.15, -0.1) is 11.8 Å². The van der Waals surface area contributed by atoms with E-state index in [2.05, 4.69) is 11.6 Å². The van der Waals surface area contributed by atoms with Crippen molar-refractivity contribution in [3.8, 4) is 0 Å². The number of para-hydroxylation sites is 1. The fourth-order valence-electron chi connectivity index (χ4n) is 3.03. The number of anilines is 1. The van der Waals surface area contributed by atoms with Crippen LogP contribution in [-0.2, 0) is 24.3 Å². The standard InChI is InChI=1S/C21H24N2O5S2/c1-15-12-13-23(18-10-6-7-11-19(18)29-15)20(24)14-28-21(25)16(2)22-30(26,27)17-8-4-3-5-9-17/h3-11,15-16,22H,12-14H2,1-2H3/t15?,16-/m0/s1. The Morgan fingerprint density at radius 3 is 2.57 bits per heavy atom. The lowest BCUT2D eigenvalue weighted by molar-refractivity contribution is -0.149. The van der Waals surface area contributed by atoms with Crippen LogP contribution < -0.4 is 9.62 Å². The summed E-state index contributed by atoms with van der Waals surface area (Å²) in [7, 11) is -3.86. The average Bonchev–Trinajstić information content (AvgIpc) is 2.90. The van der Waals surface area contributed by atoms with Crippen LogP contribution in [0.4, 0.5) is 5.69 Å². The van der Waals surface area contributed by atoms with Gasteiger partial charge in [0.25, 0.3) is 5.91 Å². The molecule has 1 amide bonds. The minimum Gasteiger partial charge on any atom is -0.454 e. The highest BCUT2D eigenvalue weighted by Crippen LogP contribution is 2.37. The van der Waals surface area contributed by atoms with Crippen molar-refractivity contribution in [3.63, 3.8) is 0 Å². The topological polar surface area (TPSA) is 92.8 Å². The molecule has 160 valence electrons. The van der Waals surface area contributed by atoms with Crippen molar-refractivity contribution in [1.82, 2.24) is 4.72 Å². The number of fused-ring (bicyclic) bond motifs is 1. The number of thioether (sulfide) groups is 1. The zero-order valence-corrected chi connectivity index (χ0v) is 18.4. The van der Waals surface area contributed by atoms with Gasteiger partial charge in [0.15, 0.2) is 6.61 Å². The Hall–Kier alpha value is -2.36. The van der Waals surface area contributed by atoms with Gasteiger partial charge in [-0.05, 0) is 37.6 Å². The lowest BCUT2D eigenvalue weighted by atomic mass is 10.2. The van der Waals surface area contributed by atoms with Crippen LogP contribution in [0.1, 0.15) is 20.3 Å². The van der Waals surface area contributed by atoms with Gasteiger partial charge in [0.1, 0.15) is 6.04 Å². The van der Waals surface area contributed by atoms with E-state index in [-0.39, 0.29) is 10.8 Å². The van der Waals surface area contributed by atoms with Crippen molar-refractivity contribution in [2.75, 3.05) is 18.1 Å². The SMILES string of the molecule is CC1CCN(C(=O)COC(=O)[C@H](C)NS(=O)(=O)c2ccccc2)c2ccccc2S1. The molecule has 1 heterocycles. The van der Waals surface area contributed by atoms with Gasteiger partial charge in [-0.3, -0.25) is 9.59 Å². The summed E-state index contributed by atoms with van der Waals surface area (Å²) in [5, 5.41) is 0.360. The largest absolute Gasteiger partial charge is 0.454 e. The second kappa shape index (κ2) is 9.63. The third-order valence-corrected chi connectivity index (χ3v) is 7.42. The summed E-state index contributed by atoms with van der Waals surface area (Å²) in [5.41, 5.74) is 0.797. The number of hydrogen-bond donors (Lipinski definition) is 1. The van der Waals surface area contributed by atoms with Gasteiger partial charge in [0.05, 0.1) is 10.6 Å². The second-order valence-corrected chi connectivity index (χ2v) is 10.2. The van der Waals surface area contributed by atoms with Gasteiger partial charge in [-0.2, -0.15) is 4.72 Å². The highest BCUT2D eigenvalue weighted by Gasteiger charge is 2.27. The zero-order chi connectivity index (χ0) is 21.7. The third-order valence-electron chi connectivity index (χ3n) is 4.62. The summed E-state index contributed by atoms with van der Waals surface area (Å²) < 4.78 is 32.1. The molecule has 2 aromatic carbocycles. The highest BCUT2D eigenvalue weighted by molar-refractivity contribution is 8.00. The Labute approximate surface area is 180 Å². The fourth-order valence-corrected chi connectivity index (χ4v) is 5.36. The first-order valence-corrected chi connectivity index (χ1v) is 11.9. The Morgan fingerprint density at radius 1 is 1.17 bits per heavy atom. The molecule has 9 heteroatoms. The van der Waals surface area contributed by atoms with Crippen LogP contribution in [-0.4, -0.2) is 44.7 Å². The normalized spacial score (nSPS) is 17.5. The number of sulfonamides is 1. The molecule has 0 saturated heterocycles. The molecule has 3 rings (SSSR count). The first kappa shape index (κ1) is 22.3. The van der Waals surface area contributed by atoms with E-state index in [0.29, 0.717) is 11.8 Å². The molecule has 2 aromatic rings.